The van der Waals surface area contributed by atoms with Gasteiger partial charge in [-0.1, -0.05) is 0 Å². The first-order valence-corrected chi connectivity index (χ1v) is 5.49. The Hall–Kier alpha value is -1.36. The summed E-state index contributed by atoms with van der Waals surface area (Å²) < 4.78 is 5.07. The van der Waals surface area contributed by atoms with Crippen LogP contribution >= 0.6 is 0 Å². The number of hydrogen-bond acceptors (Lipinski definition) is 3. The van der Waals surface area contributed by atoms with Crippen LogP contribution in [0.3, 0.4) is 0 Å². The van der Waals surface area contributed by atoms with Gasteiger partial charge in [-0.05, 0) is 13.3 Å². The predicted octanol–water partition coefficient (Wildman–Crippen LogP) is 0.883. The smallest absolute Gasteiger partial charge is 0.220 e. The van der Waals surface area contributed by atoms with Crippen LogP contribution in [0.4, 0.5) is 0 Å². The molecule has 0 fully saturated rings. The first-order valence-electron chi connectivity index (χ1n) is 5.49. The maximum atomic E-state index is 11.4. The maximum absolute atomic E-state index is 11.4. The summed E-state index contributed by atoms with van der Waals surface area (Å²) in [5.74, 6) is 0.0726. The van der Waals surface area contributed by atoms with Crippen LogP contribution in [0.5, 0.6) is 0 Å². The Labute approximate surface area is 95.6 Å². The number of imidazole rings is 1. The molecule has 5 nitrogen and oxygen atoms in total. The monoisotopic (exact) mass is 225 g/mol. The van der Waals surface area contributed by atoms with Gasteiger partial charge in [0.25, 0.3) is 0 Å². The maximum Gasteiger partial charge on any atom is 0.220 e. The first kappa shape index (κ1) is 12.7. The number of nitrogens with zero attached hydrogens (tertiary/aromatic N) is 1. The van der Waals surface area contributed by atoms with Gasteiger partial charge in [0, 0.05) is 38.4 Å². The first-order chi connectivity index (χ1) is 7.72. The molecule has 1 unspecified atom stereocenters. The molecule has 0 saturated heterocycles. The number of carbonyl (C=O) groups excluding carboxylic acids is 1. The van der Waals surface area contributed by atoms with Gasteiger partial charge in [0.15, 0.2) is 0 Å². The fraction of sp³-hybridized carbons (Fsp3) is 0.636. The van der Waals surface area contributed by atoms with Crippen LogP contribution < -0.4 is 5.32 Å². The number of methoxy groups -OCH3 is 1. The molecule has 5 heteroatoms. The third-order valence-corrected chi connectivity index (χ3v) is 2.45. The van der Waals surface area contributed by atoms with Gasteiger partial charge in [0.1, 0.15) is 0 Å². The molecule has 1 aromatic rings. The third-order valence-electron chi connectivity index (χ3n) is 2.45. The summed E-state index contributed by atoms with van der Waals surface area (Å²) in [6.07, 6.45) is 5.59. The van der Waals surface area contributed by atoms with Gasteiger partial charge in [-0.15, -0.1) is 0 Å². The number of nitrogens with one attached hydrogen (secondary N) is 2. The molecule has 1 aromatic heterocycles. The molecule has 1 atom stereocenters. The highest BCUT2D eigenvalue weighted by atomic mass is 16.5. The number of aromatic nitrogens is 2. The number of rotatable bonds is 7. The zero-order valence-electron chi connectivity index (χ0n) is 9.82. The number of ether oxygens (including phenoxy) is 1. The molecule has 2 N–H and O–H groups in total. The molecule has 0 bridgehead atoms. The lowest BCUT2D eigenvalue weighted by molar-refractivity contribution is -0.121. The van der Waals surface area contributed by atoms with Gasteiger partial charge in [-0.3, -0.25) is 4.79 Å². The second kappa shape index (κ2) is 7.00. The van der Waals surface area contributed by atoms with Crippen molar-refractivity contribution in [3.63, 3.8) is 0 Å². The fourth-order valence-corrected chi connectivity index (χ4v) is 1.30. The zero-order chi connectivity index (χ0) is 11.8. The normalized spacial score (nSPS) is 12.4. The molecule has 0 aliphatic rings. The average molecular weight is 225 g/mol. The molecule has 90 valence electrons. The lowest BCUT2D eigenvalue weighted by Gasteiger charge is -2.08. The van der Waals surface area contributed by atoms with Crippen molar-refractivity contribution >= 4 is 5.91 Å². The minimum atomic E-state index is 0.0726. The van der Waals surface area contributed by atoms with E-state index < -0.39 is 0 Å². The highest BCUT2D eigenvalue weighted by Gasteiger charge is 2.05. The van der Waals surface area contributed by atoms with Crippen molar-refractivity contribution in [3.05, 3.63) is 18.2 Å². The number of H-pyrrole nitrogens is 1. The summed E-state index contributed by atoms with van der Waals surface area (Å²) >= 11 is 0. The van der Waals surface area contributed by atoms with Crippen molar-refractivity contribution in [2.75, 3.05) is 13.7 Å². The Morgan fingerprint density at radius 2 is 2.50 bits per heavy atom. The Bertz CT molecular complexity index is 298. The SMILES string of the molecule is COC(C)CCC(=O)NCCc1cnc[nH]1. The molecule has 1 amide bonds. The van der Waals surface area contributed by atoms with E-state index in [1.165, 1.54) is 0 Å². The Balaban J connectivity index is 2.06. The average Bonchev–Trinajstić information content (AvgIpc) is 2.79. The van der Waals surface area contributed by atoms with Crippen molar-refractivity contribution < 1.29 is 9.53 Å². The minimum absolute atomic E-state index is 0.0726. The van der Waals surface area contributed by atoms with Crippen LogP contribution in [-0.4, -0.2) is 35.6 Å². The van der Waals surface area contributed by atoms with E-state index in [4.69, 9.17) is 4.74 Å². The predicted molar refractivity (Wildman–Crippen MR) is 61.0 cm³/mol. The van der Waals surface area contributed by atoms with Gasteiger partial charge in [0.2, 0.25) is 5.91 Å². The molecular weight excluding hydrogens is 206 g/mol. The molecule has 1 heterocycles. The molecule has 16 heavy (non-hydrogen) atoms. The van der Waals surface area contributed by atoms with Crippen LogP contribution in [0.15, 0.2) is 12.5 Å². The molecule has 0 aromatic carbocycles. The molecule has 0 radical (unpaired) electrons. The van der Waals surface area contributed by atoms with E-state index in [1.807, 2.05) is 6.92 Å². The highest BCUT2D eigenvalue weighted by molar-refractivity contribution is 5.75. The van der Waals surface area contributed by atoms with E-state index >= 15 is 0 Å². The van der Waals surface area contributed by atoms with Crippen LogP contribution in [0.1, 0.15) is 25.5 Å². The largest absolute Gasteiger partial charge is 0.382 e. The molecule has 0 aliphatic carbocycles. The zero-order valence-corrected chi connectivity index (χ0v) is 9.82. The lowest BCUT2D eigenvalue weighted by atomic mass is 10.2. The summed E-state index contributed by atoms with van der Waals surface area (Å²) in [5.41, 5.74) is 1.03. The van der Waals surface area contributed by atoms with Crippen molar-refractivity contribution in [2.45, 2.75) is 32.3 Å². The van der Waals surface area contributed by atoms with Gasteiger partial charge in [-0.2, -0.15) is 0 Å². The van der Waals surface area contributed by atoms with Crippen molar-refractivity contribution in [2.24, 2.45) is 0 Å². The van der Waals surface area contributed by atoms with E-state index in [0.717, 1.165) is 18.5 Å². The van der Waals surface area contributed by atoms with Gasteiger partial charge < -0.3 is 15.0 Å². The Morgan fingerprint density at radius 3 is 3.12 bits per heavy atom. The number of aromatic amines is 1. The molecule has 1 rings (SSSR count). The molecular formula is C11H19N3O2. The summed E-state index contributed by atoms with van der Waals surface area (Å²) in [6, 6.07) is 0. The summed E-state index contributed by atoms with van der Waals surface area (Å²) in [6.45, 7) is 2.60. The van der Waals surface area contributed by atoms with E-state index in [0.29, 0.717) is 13.0 Å². The minimum Gasteiger partial charge on any atom is -0.382 e. The van der Waals surface area contributed by atoms with E-state index in [-0.39, 0.29) is 12.0 Å². The number of hydrogen-bond donors (Lipinski definition) is 2. The lowest BCUT2D eigenvalue weighted by Crippen LogP contribution is -2.26. The molecule has 0 aliphatic heterocycles. The van der Waals surface area contributed by atoms with Crippen molar-refractivity contribution in [1.82, 2.24) is 15.3 Å². The van der Waals surface area contributed by atoms with Gasteiger partial charge in [0.05, 0.1) is 12.4 Å². The van der Waals surface area contributed by atoms with E-state index in [2.05, 4.69) is 15.3 Å². The summed E-state index contributed by atoms with van der Waals surface area (Å²) in [4.78, 5) is 18.3. The Kier molecular flexibility index (Phi) is 5.56. The van der Waals surface area contributed by atoms with E-state index in [9.17, 15) is 4.79 Å². The van der Waals surface area contributed by atoms with Gasteiger partial charge >= 0.3 is 0 Å². The van der Waals surface area contributed by atoms with Crippen LogP contribution in [0, 0.1) is 0 Å². The van der Waals surface area contributed by atoms with Crippen molar-refractivity contribution in [1.29, 1.82) is 0 Å². The quantitative estimate of drug-likeness (QED) is 0.724. The van der Waals surface area contributed by atoms with Crippen LogP contribution in [0.2, 0.25) is 0 Å². The standard InChI is InChI=1S/C11H19N3O2/c1-9(16-2)3-4-11(15)13-6-5-10-7-12-8-14-10/h7-9H,3-6H2,1-2H3,(H,12,14)(H,13,15). The summed E-state index contributed by atoms with van der Waals surface area (Å²) in [5, 5.41) is 2.86. The molecule has 0 saturated carbocycles. The highest BCUT2D eigenvalue weighted by Crippen LogP contribution is 1.99. The third kappa shape index (κ3) is 4.93. The topological polar surface area (TPSA) is 67.0 Å². The number of carbonyl (C=O) groups is 1. The van der Waals surface area contributed by atoms with Crippen molar-refractivity contribution in [3.8, 4) is 0 Å². The summed E-state index contributed by atoms with van der Waals surface area (Å²) in [7, 11) is 1.65. The second-order valence-corrected chi connectivity index (χ2v) is 3.76. The fourth-order valence-electron chi connectivity index (χ4n) is 1.30. The van der Waals surface area contributed by atoms with Crippen LogP contribution in [-0.2, 0) is 16.0 Å². The van der Waals surface area contributed by atoms with E-state index in [1.54, 1.807) is 19.6 Å². The van der Waals surface area contributed by atoms with Crippen LogP contribution in [0.25, 0.3) is 0 Å². The van der Waals surface area contributed by atoms with Gasteiger partial charge in [-0.25, -0.2) is 4.98 Å². The Morgan fingerprint density at radius 1 is 1.69 bits per heavy atom. The number of amides is 1. The molecule has 0 spiro atoms. The second-order valence-electron chi connectivity index (χ2n) is 3.76.